The number of rotatable bonds is 4. The van der Waals surface area contributed by atoms with Gasteiger partial charge in [-0.05, 0) is 34.9 Å². The average Bonchev–Trinajstić information content (AvgIpc) is 3.22. The number of hydrogen-bond acceptors (Lipinski definition) is 4. The van der Waals surface area contributed by atoms with Crippen molar-refractivity contribution in [2.45, 2.75) is 0 Å². The van der Waals surface area contributed by atoms with Crippen LogP contribution in [0.4, 0.5) is 5.13 Å². The summed E-state index contributed by atoms with van der Waals surface area (Å²) in [6.07, 6.45) is 0. The SMILES string of the molecule is O=C(Nc1nncs1)c1ccc(Cl)c(-c2ccc(-c3ccccc3)cc2)c1. The van der Waals surface area contributed by atoms with E-state index in [-0.39, 0.29) is 5.91 Å². The van der Waals surface area contributed by atoms with Gasteiger partial charge in [-0.25, -0.2) is 0 Å². The molecule has 4 aromatic rings. The molecule has 0 aliphatic carbocycles. The smallest absolute Gasteiger partial charge is 0.257 e. The van der Waals surface area contributed by atoms with Gasteiger partial charge in [-0.1, -0.05) is 77.5 Å². The lowest BCUT2D eigenvalue weighted by Crippen LogP contribution is -2.11. The Bertz CT molecular complexity index is 1060. The molecule has 1 amide bonds. The highest BCUT2D eigenvalue weighted by Gasteiger charge is 2.12. The minimum atomic E-state index is -0.245. The molecule has 0 bridgehead atoms. The molecule has 1 N–H and O–H groups in total. The topological polar surface area (TPSA) is 54.9 Å². The van der Waals surface area contributed by atoms with Crippen LogP contribution in [0.2, 0.25) is 5.02 Å². The van der Waals surface area contributed by atoms with Crippen LogP contribution in [0.25, 0.3) is 22.3 Å². The zero-order chi connectivity index (χ0) is 18.6. The summed E-state index contributed by atoms with van der Waals surface area (Å²) in [5.41, 5.74) is 6.11. The Labute approximate surface area is 165 Å². The van der Waals surface area contributed by atoms with Crippen LogP contribution < -0.4 is 5.32 Å². The monoisotopic (exact) mass is 391 g/mol. The average molecular weight is 392 g/mol. The number of nitrogens with one attached hydrogen (secondary N) is 1. The molecule has 1 aromatic heterocycles. The third-order valence-electron chi connectivity index (χ3n) is 4.11. The predicted octanol–water partition coefficient (Wildman–Crippen LogP) is 5.78. The molecule has 0 atom stereocenters. The third-order valence-corrected chi connectivity index (χ3v) is 5.05. The standard InChI is InChI=1S/C21H14ClN3OS/c22-19-11-10-17(20(26)24-21-25-23-13-27-21)12-18(19)16-8-6-15(7-9-16)14-4-2-1-3-5-14/h1-13H,(H,24,25,26). The molecule has 132 valence electrons. The van der Waals surface area contributed by atoms with Gasteiger partial charge in [0.15, 0.2) is 0 Å². The van der Waals surface area contributed by atoms with Gasteiger partial charge in [0.25, 0.3) is 5.91 Å². The van der Waals surface area contributed by atoms with Crippen LogP contribution in [0.1, 0.15) is 10.4 Å². The van der Waals surface area contributed by atoms with E-state index >= 15 is 0 Å². The molecule has 0 radical (unpaired) electrons. The number of benzene rings is 3. The number of nitrogens with zero attached hydrogens (tertiary/aromatic N) is 2. The van der Waals surface area contributed by atoms with E-state index in [0.29, 0.717) is 15.7 Å². The Morgan fingerprint density at radius 3 is 2.30 bits per heavy atom. The summed E-state index contributed by atoms with van der Waals surface area (Å²) in [5, 5.41) is 11.3. The molecular weight excluding hydrogens is 378 g/mol. The van der Waals surface area contributed by atoms with Crippen LogP contribution >= 0.6 is 22.9 Å². The Kier molecular flexibility index (Phi) is 4.96. The number of carbonyl (C=O) groups is 1. The lowest BCUT2D eigenvalue weighted by atomic mass is 9.99. The van der Waals surface area contributed by atoms with Crippen molar-refractivity contribution >= 4 is 34.0 Å². The maximum absolute atomic E-state index is 12.4. The molecule has 0 aliphatic heterocycles. The zero-order valence-electron chi connectivity index (χ0n) is 14.1. The van der Waals surface area contributed by atoms with Crippen LogP contribution in [0.15, 0.2) is 78.3 Å². The van der Waals surface area contributed by atoms with Crippen molar-refractivity contribution in [3.05, 3.63) is 88.9 Å². The van der Waals surface area contributed by atoms with E-state index in [1.807, 2.05) is 30.3 Å². The van der Waals surface area contributed by atoms with Crippen molar-refractivity contribution in [2.24, 2.45) is 0 Å². The molecule has 3 aromatic carbocycles. The van der Waals surface area contributed by atoms with Crippen LogP contribution in [0.3, 0.4) is 0 Å². The van der Waals surface area contributed by atoms with Gasteiger partial charge in [-0.2, -0.15) is 0 Å². The predicted molar refractivity (Wildman–Crippen MR) is 110 cm³/mol. The number of hydrogen-bond donors (Lipinski definition) is 1. The summed E-state index contributed by atoms with van der Waals surface area (Å²) in [5.74, 6) is -0.245. The molecule has 1 heterocycles. The molecular formula is C21H14ClN3OS. The van der Waals surface area contributed by atoms with E-state index in [2.05, 4.69) is 39.8 Å². The second-order valence-corrected chi connectivity index (χ2v) is 7.08. The fourth-order valence-corrected chi connectivity index (χ4v) is 3.42. The molecule has 0 saturated heterocycles. The van der Waals surface area contributed by atoms with E-state index in [1.54, 1.807) is 23.7 Å². The van der Waals surface area contributed by atoms with Gasteiger partial charge in [0.1, 0.15) is 5.51 Å². The van der Waals surface area contributed by atoms with Crippen LogP contribution in [0, 0.1) is 0 Å². The Hall–Kier alpha value is -3.02. The first-order chi connectivity index (χ1) is 13.2. The van der Waals surface area contributed by atoms with Crippen molar-refractivity contribution in [3.63, 3.8) is 0 Å². The summed E-state index contributed by atoms with van der Waals surface area (Å²) < 4.78 is 0. The van der Waals surface area contributed by atoms with Crippen LogP contribution in [-0.4, -0.2) is 16.1 Å². The van der Waals surface area contributed by atoms with Crippen LogP contribution in [0.5, 0.6) is 0 Å². The Morgan fingerprint density at radius 1 is 0.889 bits per heavy atom. The lowest BCUT2D eigenvalue weighted by Gasteiger charge is -2.09. The molecule has 0 unspecified atom stereocenters. The van der Waals surface area contributed by atoms with Gasteiger partial charge in [-0.15, -0.1) is 10.2 Å². The minimum Gasteiger partial charge on any atom is -0.296 e. The first-order valence-corrected chi connectivity index (χ1v) is 9.49. The summed E-state index contributed by atoms with van der Waals surface area (Å²) in [4.78, 5) is 12.4. The highest BCUT2D eigenvalue weighted by Crippen LogP contribution is 2.31. The fourth-order valence-electron chi connectivity index (χ4n) is 2.76. The highest BCUT2D eigenvalue weighted by atomic mass is 35.5. The third kappa shape index (κ3) is 3.89. The molecule has 27 heavy (non-hydrogen) atoms. The first-order valence-electron chi connectivity index (χ1n) is 8.23. The number of anilines is 1. The largest absolute Gasteiger partial charge is 0.296 e. The van der Waals surface area contributed by atoms with Gasteiger partial charge in [0.2, 0.25) is 5.13 Å². The maximum atomic E-state index is 12.4. The second-order valence-electron chi connectivity index (χ2n) is 5.84. The Balaban J connectivity index is 1.62. The van der Waals surface area contributed by atoms with Crippen molar-refractivity contribution in [2.75, 3.05) is 5.32 Å². The molecule has 4 nitrogen and oxygen atoms in total. The molecule has 0 spiro atoms. The number of halogens is 1. The summed E-state index contributed by atoms with van der Waals surface area (Å²) in [6, 6.07) is 23.5. The maximum Gasteiger partial charge on any atom is 0.257 e. The first kappa shape index (κ1) is 17.4. The van der Waals surface area contributed by atoms with Gasteiger partial charge >= 0.3 is 0 Å². The normalized spacial score (nSPS) is 10.6. The van der Waals surface area contributed by atoms with Gasteiger partial charge < -0.3 is 0 Å². The van der Waals surface area contributed by atoms with Gasteiger partial charge in [-0.3, -0.25) is 10.1 Å². The van der Waals surface area contributed by atoms with E-state index in [0.717, 1.165) is 22.3 Å². The van der Waals surface area contributed by atoms with E-state index in [9.17, 15) is 4.79 Å². The van der Waals surface area contributed by atoms with E-state index < -0.39 is 0 Å². The second kappa shape index (κ2) is 7.70. The van der Waals surface area contributed by atoms with Crippen LogP contribution in [-0.2, 0) is 0 Å². The van der Waals surface area contributed by atoms with Crippen molar-refractivity contribution in [1.29, 1.82) is 0 Å². The lowest BCUT2D eigenvalue weighted by molar-refractivity contribution is 0.102. The minimum absolute atomic E-state index is 0.245. The highest BCUT2D eigenvalue weighted by molar-refractivity contribution is 7.13. The number of carbonyl (C=O) groups excluding carboxylic acids is 1. The van der Waals surface area contributed by atoms with Gasteiger partial charge in [0.05, 0.1) is 0 Å². The Morgan fingerprint density at radius 2 is 1.59 bits per heavy atom. The molecule has 0 fully saturated rings. The van der Waals surface area contributed by atoms with Gasteiger partial charge in [0, 0.05) is 16.1 Å². The zero-order valence-corrected chi connectivity index (χ0v) is 15.7. The summed E-state index contributed by atoms with van der Waals surface area (Å²) >= 11 is 7.65. The number of amides is 1. The summed E-state index contributed by atoms with van der Waals surface area (Å²) in [7, 11) is 0. The number of aromatic nitrogens is 2. The van der Waals surface area contributed by atoms with E-state index in [1.165, 1.54) is 11.3 Å². The molecule has 0 saturated carbocycles. The summed E-state index contributed by atoms with van der Waals surface area (Å²) in [6.45, 7) is 0. The fraction of sp³-hybridized carbons (Fsp3) is 0. The quantitative estimate of drug-likeness (QED) is 0.480. The van der Waals surface area contributed by atoms with Crippen molar-refractivity contribution in [1.82, 2.24) is 10.2 Å². The molecule has 0 aliphatic rings. The van der Waals surface area contributed by atoms with Crippen molar-refractivity contribution in [3.8, 4) is 22.3 Å². The molecule has 4 rings (SSSR count). The van der Waals surface area contributed by atoms with E-state index in [4.69, 9.17) is 11.6 Å². The molecule has 6 heteroatoms. The van der Waals surface area contributed by atoms with Crippen molar-refractivity contribution < 1.29 is 4.79 Å².